The zero-order chi connectivity index (χ0) is 20.9. The first kappa shape index (κ1) is 20.3. The molecule has 1 saturated heterocycles. The van der Waals surface area contributed by atoms with Crippen LogP contribution in [0, 0.1) is 5.92 Å². The second-order valence-electron chi connectivity index (χ2n) is 8.22. The lowest BCUT2D eigenvalue weighted by molar-refractivity contribution is -0.122. The molecule has 1 fully saturated rings. The van der Waals surface area contributed by atoms with E-state index in [-0.39, 0.29) is 5.91 Å². The van der Waals surface area contributed by atoms with Crippen LogP contribution in [0.2, 0.25) is 0 Å². The molecule has 0 spiro atoms. The molecule has 2 aromatic carbocycles. The van der Waals surface area contributed by atoms with Crippen molar-refractivity contribution >= 4 is 22.6 Å². The molecular weight excluding hydrogens is 374 g/mol. The van der Waals surface area contributed by atoms with Gasteiger partial charge < -0.3 is 10.2 Å². The van der Waals surface area contributed by atoms with Crippen molar-refractivity contribution in [2.75, 3.05) is 44.2 Å². The van der Waals surface area contributed by atoms with Gasteiger partial charge in [0.1, 0.15) is 5.82 Å². The third-order valence-corrected chi connectivity index (χ3v) is 5.36. The fourth-order valence-corrected chi connectivity index (χ4v) is 3.71. The van der Waals surface area contributed by atoms with Gasteiger partial charge in [-0.2, -0.15) is 0 Å². The predicted molar refractivity (Wildman–Crippen MR) is 121 cm³/mol. The van der Waals surface area contributed by atoms with Crippen molar-refractivity contribution in [2.45, 2.75) is 13.8 Å². The maximum Gasteiger partial charge on any atom is 0.234 e. The molecular formula is C24H29N5O. The van der Waals surface area contributed by atoms with Crippen LogP contribution in [0.25, 0.3) is 22.3 Å². The lowest BCUT2D eigenvalue weighted by Crippen LogP contribution is -2.50. The van der Waals surface area contributed by atoms with E-state index in [0.29, 0.717) is 12.5 Å². The number of hydrogen-bond donors (Lipinski definition) is 1. The van der Waals surface area contributed by atoms with Crippen molar-refractivity contribution < 1.29 is 4.79 Å². The number of anilines is 1. The highest BCUT2D eigenvalue weighted by Crippen LogP contribution is 2.28. The highest BCUT2D eigenvalue weighted by Gasteiger charge is 2.22. The van der Waals surface area contributed by atoms with Gasteiger partial charge in [0, 0.05) is 43.7 Å². The Morgan fingerprint density at radius 1 is 0.967 bits per heavy atom. The number of para-hydroxylation sites is 1. The minimum absolute atomic E-state index is 0.107. The summed E-state index contributed by atoms with van der Waals surface area (Å²) in [6.07, 6.45) is 0. The largest absolute Gasteiger partial charge is 0.355 e. The Balaban J connectivity index is 1.51. The standard InChI is InChI=1S/C24H29N5O/c1-18(2)16-25-22(30)17-28-12-14-29(15-13-28)24-20-10-6-7-11-21(20)26-23(27-24)19-8-4-3-5-9-19/h3-11,18H,12-17H2,1-2H3,(H,25,30). The topological polar surface area (TPSA) is 61.4 Å². The lowest BCUT2D eigenvalue weighted by Gasteiger charge is -2.35. The van der Waals surface area contributed by atoms with Crippen LogP contribution < -0.4 is 10.2 Å². The van der Waals surface area contributed by atoms with E-state index in [9.17, 15) is 4.79 Å². The zero-order valence-electron chi connectivity index (χ0n) is 17.7. The molecule has 1 amide bonds. The van der Waals surface area contributed by atoms with Crippen molar-refractivity contribution in [1.29, 1.82) is 0 Å². The van der Waals surface area contributed by atoms with Gasteiger partial charge in [-0.25, -0.2) is 9.97 Å². The van der Waals surface area contributed by atoms with E-state index in [2.05, 4.69) is 35.0 Å². The van der Waals surface area contributed by atoms with Crippen LogP contribution in [0.1, 0.15) is 13.8 Å². The number of fused-ring (bicyclic) bond motifs is 1. The first-order valence-electron chi connectivity index (χ1n) is 10.7. The summed E-state index contributed by atoms with van der Waals surface area (Å²) in [5, 5.41) is 4.08. The third-order valence-electron chi connectivity index (χ3n) is 5.36. The van der Waals surface area contributed by atoms with Gasteiger partial charge in [-0.05, 0) is 18.1 Å². The second kappa shape index (κ2) is 9.22. The van der Waals surface area contributed by atoms with Gasteiger partial charge in [0.25, 0.3) is 0 Å². The third kappa shape index (κ3) is 4.76. The van der Waals surface area contributed by atoms with Gasteiger partial charge in [0.15, 0.2) is 5.82 Å². The number of rotatable bonds is 6. The summed E-state index contributed by atoms with van der Waals surface area (Å²) < 4.78 is 0. The number of nitrogens with one attached hydrogen (secondary N) is 1. The molecule has 1 aromatic heterocycles. The van der Waals surface area contributed by atoms with Gasteiger partial charge in [0.05, 0.1) is 12.1 Å². The van der Waals surface area contributed by atoms with Crippen molar-refractivity contribution in [3.05, 3.63) is 54.6 Å². The number of benzene rings is 2. The summed E-state index contributed by atoms with van der Waals surface area (Å²) >= 11 is 0. The molecule has 156 valence electrons. The molecule has 0 bridgehead atoms. The first-order chi connectivity index (χ1) is 14.6. The minimum Gasteiger partial charge on any atom is -0.355 e. The number of nitrogens with zero attached hydrogens (tertiary/aromatic N) is 4. The molecule has 0 unspecified atom stereocenters. The molecule has 6 heteroatoms. The van der Waals surface area contributed by atoms with Crippen LogP contribution in [0.3, 0.4) is 0 Å². The monoisotopic (exact) mass is 403 g/mol. The van der Waals surface area contributed by atoms with Gasteiger partial charge in [-0.15, -0.1) is 0 Å². The van der Waals surface area contributed by atoms with Crippen molar-refractivity contribution in [1.82, 2.24) is 20.2 Å². The average molecular weight is 404 g/mol. The zero-order valence-corrected chi connectivity index (χ0v) is 17.7. The van der Waals surface area contributed by atoms with Crippen LogP contribution in [-0.4, -0.2) is 60.0 Å². The van der Waals surface area contributed by atoms with E-state index in [1.54, 1.807) is 0 Å². The maximum absolute atomic E-state index is 12.2. The maximum atomic E-state index is 12.2. The molecule has 4 rings (SSSR count). The number of carbonyl (C=O) groups excluding carboxylic acids is 1. The van der Waals surface area contributed by atoms with Crippen LogP contribution >= 0.6 is 0 Å². The number of hydrogen-bond acceptors (Lipinski definition) is 5. The Labute approximate surface area is 177 Å². The smallest absolute Gasteiger partial charge is 0.234 e. The van der Waals surface area contributed by atoms with Gasteiger partial charge >= 0.3 is 0 Å². The molecule has 1 aliphatic rings. The van der Waals surface area contributed by atoms with E-state index >= 15 is 0 Å². The second-order valence-corrected chi connectivity index (χ2v) is 8.22. The van der Waals surface area contributed by atoms with Crippen LogP contribution in [-0.2, 0) is 4.79 Å². The molecule has 1 aliphatic heterocycles. The number of aromatic nitrogens is 2. The van der Waals surface area contributed by atoms with E-state index in [1.165, 1.54) is 0 Å². The minimum atomic E-state index is 0.107. The van der Waals surface area contributed by atoms with Crippen molar-refractivity contribution in [3.63, 3.8) is 0 Å². The molecule has 6 nitrogen and oxygen atoms in total. The Kier molecular flexibility index (Phi) is 6.23. The van der Waals surface area contributed by atoms with Crippen LogP contribution in [0.4, 0.5) is 5.82 Å². The highest BCUT2D eigenvalue weighted by atomic mass is 16.2. The summed E-state index contributed by atoms with van der Waals surface area (Å²) in [7, 11) is 0. The molecule has 0 aliphatic carbocycles. The summed E-state index contributed by atoms with van der Waals surface area (Å²) in [6.45, 7) is 8.76. The average Bonchev–Trinajstić information content (AvgIpc) is 2.78. The molecule has 0 radical (unpaired) electrons. The number of carbonyl (C=O) groups is 1. The van der Waals surface area contributed by atoms with Crippen LogP contribution in [0.5, 0.6) is 0 Å². The highest BCUT2D eigenvalue weighted by molar-refractivity contribution is 5.91. The lowest BCUT2D eigenvalue weighted by atomic mass is 10.1. The first-order valence-corrected chi connectivity index (χ1v) is 10.7. The number of piperazine rings is 1. The normalized spacial score (nSPS) is 15.0. The summed E-state index contributed by atoms with van der Waals surface area (Å²) in [4.78, 5) is 26.4. The Morgan fingerprint density at radius 2 is 1.67 bits per heavy atom. The Morgan fingerprint density at radius 3 is 2.40 bits per heavy atom. The fraction of sp³-hybridized carbons (Fsp3) is 0.375. The molecule has 30 heavy (non-hydrogen) atoms. The number of amides is 1. The SMILES string of the molecule is CC(C)CNC(=O)CN1CCN(c2nc(-c3ccccc3)nc3ccccc23)CC1. The molecule has 2 heterocycles. The fourth-order valence-electron chi connectivity index (χ4n) is 3.71. The van der Waals surface area contributed by atoms with Gasteiger partial charge in [-0.3, -0.25) is 9.69 Å². The predicted octanol–water partition coefficient (Wildman–Crippen LogP) is 3.19. The van der Waals surface area contributed by atoms with E-state index in [4.69, 9.17) is 9.97 Å². The van der Waals surface area contributed by atoms with Crippen molar-refractivity contribution in [3.8, 4) is 11.4 Å². The van der Waals surface area contributed by atoms with E-state index < -0.39 is 0 Å². The van der Waals surface area contributed by atoms with E-state index in [1.807, 2.05) is 48.5 Å². The van der Waals surface area contributed by atoms with Gasteiger partial charge in [0.2, 0.25) is 5.91 Å². The molecule has 1 N–H and O–H groups in total. The van der Waals surface area contributed by atoms with Gasteiger partial charge in [-0.1, -0.05) is 56.3 Å². The Hall–Kier alpha value is -2.99. The molecule has 0 saturated carbocycles. The van der Waals surface area contributed by atoms with Crippen LogP contribution in [0.15, 0.2) is 54.6 Å². The quantitative estimate of drug-likeness (QED) is 0.685. The summed E-state index contributed by atoms with van der Waals surface area (Å²) in [5.41, 5.74) is 1.97. The molecule has 0 atom stereocenters. The summed E-state index contributed by atoms with van der Waals surface area (Å²) in [6, 6.07) is 18.3. The Bertz CT molecular complexity index is 997. The van der Waals surface area contributed by atoms with E-state index in [0.717, 1.165) is 60.8 Å². The molecule has 3 aromatic rings. The summed E-state index contributed by atoms with van der Waals surface area (Å²) in [5.74, 6) is 2.30. The van der Waals surface area contributed by atoms with Crippen molar-refractivity contribution in [2.24, 2.45) is 5.92 Å².